The minimum atomic E-state index is 0.220. The van der Waals surface area contributed by atoms with Crippen molar-refractivity contribution < 1.29 is 4.79 Å². The molecule has 1 aromatic rings. The molecule has 20 heavy (non-hydrogen) atoms. The van der Waals surface area contributed by atoms with E-state index in [9.17, 15) is 4.79 Å². The summed E-state index contributed by atoms with van der Waals surface area (Å²) >= 11 is 3.36. The molecule has 1 aliphatic heterocycles. The molecule has 1 amide bonds. The Morgan fingerprint density at radius 3 is 2.95 bits per heavy atom. The molecule has 2 rings (SSSR count). The first-order valence-electron chi connectivity index (χ1n) is 6.98. The van der Waals surface area contributed by atoms with Crippen LogP contribution in [0.3, 0.4) is 0 Å². The molecule has 5 nitrogen and oxygen atoms in total. The molecule has 1 aromatic heterocycles. The minimum Gasteiger partial charge on any atom is -0.341 e. The van der Waals surface area contributed by atoms with E-state index in [1.807, 2.05) is 17.2 Å². The molecular formula is C14H21BrN4O. The maximum absolute atomic E-state index is 12.2. The Morgan fingerprint density at radius 1 is 1.40 bits per heavy atom. The Labute approximate surface area is 128 Å². The molecule has 1 saturated heterocycles. The number of hydrogen-bond donors (Lipinski definition) is 0. The van der Waals surface area contributed by atoms with E-state index < -0.39 is 0 Å². The molecule has 6 heteroatoms. The second-order valence-electron chi connectivity index (χ2n) is 5.00. The summed E-state index contributed by atoms with van der Waals surface area (Å²) in [5.74, 6) is 0.220. The highest BCUT2D eigenvalue weighted by Crippen LogP contribution is 2.08. The lowest BCUT2D eigenvalue weighted by molar-refractivity contribution is -0.131. The first-order valence-corrected chi connectivity index (χ1v) is 7.77. The van der Waals surface area contributed by atoms with Crippen molar-refractivity contribution in [1.29, 1.82) is 0 Å². The topological polar surface area (TPSA) is 41.4 Å². The van der Waals surface area contributed by atoms with Crippen LogP contribution in [0.25, 0.3) is 0 Å². The fourth-order valence-corrected chi connectivity index (χ4v) is 2.74. The van der Waals surface area contributed by atoms with Gasteiger partial charge in [-0.05, 0) is 22.4 Å². The zero-order valence-corrected chi connectivity index (χ0v) is 13.3. The van der Waals surface area contributed by atoms with E-state index in [0.717, 1.165) is 43.6 Å². The number of carbonyl (C=O) groups is 1. The maximum Gasteiger partial charge on any atom is 0.224 e. The number of aryl methyl sites for hydroxylation is 1. The van der Waals surface area contributed by atoms with Crippen molar-refractivity contribution in [2.45, 2.75) is 19.4 Å². The van der Waals surface area contributed by atoms with Crippen LogP contribution in [0.4, 0.5) is 0 Å². The first-order chi connectivity index (χ1) is 9.69. The van der Waals surface area contributed by atoms with Gasteiger partial charge in [0.05, 0.1) is 10.7 Å². The van der Waals surface area contributed by atoms with E-state index in [-0.39, 0.29) is 5.91 Å². The highest BCUT2D eigenvalue weighted by Gasteiger charge is 2.18. The number of amides is 1. The van der Waals surface area contributed by atoms with Crippen molar-refractivity contribution >= 4 is 21.8 Å². The molecule has 0 saturated carbocycles. The summed E-state index contributed by atoms with van der Waals surface area (Å²) in [7, 11) is 0. The zero-order chi connectivity index (χ0) is 14.4. The zero-order valence-electron chi connectivity index (χ0n) is 11.7. The molecule has 0 atom stereocenters. The summed E-state index contributed by atoms with van der Waals surface area (Å²) in [4.78, 5) is 16.5. The highest BCUT2D eigenvalue weighted by molar-refractivity contribution is 9.10. The molecule has 0 bridgehead atoms. The van der Waals surface area contributed by atoms with Crippen LogP contribution in [0.5, 0.6) is 0 Å². The number of aromatic nitrogens is 2. The molecule has 0 unspecified atom stereocenters. The molecule has 2 heterocycles. The Bertz CT molecular complexity index is 460. The lowest BCUT2D eigenvalue weighted by Gasteiger charge is -2.21. The molecular weight excluding hydrogens is 320 g/mol. The summed E-state index contributed by atoms with van der Waals surface area (Å²) in [5.41, 5.74) is 0. The lowest BCUT2D eigenvalue weighted by atomic mass is 10.3. The fourth-order valence-electron chi connectivity index (χ4n) is 2.41. The van der Waals surface area contributed by atoms with Crippen molar-refractivity contribution in [3.05, 3.63) is 29.5 Å². The van der Waals surface area contributed by atoms with Gasteiger partial charge < -0.3 is 4.90 Å². The van der Waals surface area contributed by atoms with E-state index >= 15 is 0 Å². The maximum atomic E-state index is 12.2. The largest absolute Gasteiger partial charge is 0.341 e. The minimum absolute atomic E-state index is 0.220. The third-order valence-corrected chi connectivity index (χ3v) is 3.89. The lowest BCUT2D eigenvalue weighted by Crippen LogP contribution is -2.35. The van der Waals surface area contributed by atoms with E-state index in [2.05, 4.69) is 32.5 Å². The average molecular weight is 341 g/mol. The summed E-state index contributed by atoms with van der Waals surface area (Å²) in [5, 5.41) is 4.17. The SMILES string of the molecule is C=CCN1CCCN(C(=O)CCn2cc(Br)cn2)CC1. The van der Waals surface area contributed by atoms with Crippen molar-refractivity contribution in [3.8, 4) is 0 Å². The van der Waals surface area contributed by atoms with Gasteiger partial charge in [0, 0.05) is 51.9 Å². The van der Waals surface area contributed by atoms with Crippen LogP contribution in [-0.4, -0.2) is 58.2 Å². The normalized spacial score (nSPS) is 16.9. The van der Waals surface area contributed by atoms with Crippen LogP contribution in [0.2, 0.25) is 0 Å². The van der Waals surface area contributed by atoms with E-state index in [1.165, 1.54) is 0 Å². The molecule has 0 radical (unpaired) electrons. The molecule has 1 aliphatic rings. The standard InChI is InChI=1S/C14H21BrN4O/c1-2-5-17-6-3-7-18(10-9-17)14(20)4-8-19-12-13(15)11-16-19/h2,11-12H,1,3-10H2. The fraction of sp³-hybridized carbons (Fsp3) is 0.571. The number of hydrogen-bond acceptors (Lipinski definition) is 3. The highest BCUT2D eigenvalue weighted by atomic mass is 79.9. The van der Waals surface area contributed by atoms with Gasteiger partial charge >= 0.3 is 0 Å². The predicted octanol–water partition coefficient (Wildman–Crippen LogP) is 1.76. The number of rotatable bonds is 5. The van der Waals surface area contributed by atoms with Crippen LogP contribution < -0.4 is 0 Å². The Kier molecular flexibility index (Phi) is 5.79. The molecule has 0 N–H and O–H groups in total. The van der Waals surface area contributed by atoms with Gasteiger partial charge in [-0.15, -0.1) is 6.58 Å². The van der Waals surface area contributed by atoms with Crippen molar-refractivity contribution in [2.75, 3.05) is 32.7 Å². The third-order valence-electron chi connectivity index (χ3n) is 3.49. The molecule has 0 aromatic carbocycles. The first kappa shape index (κ1) is 15.3. The van der Waals surface area contributed by atoms with Gasteiger partial charge in [-0.3, -0.25) is 14.4 Å². The third kappa shape index (κ3) is 4.45. The molecule has 1 fully saturated rings. The van der Waals surface area contributed by atoms with Gasteiger partial charge in [0.15, 0.2) is 0 Å². The predicted molar refractivity (Wildman–Crippen MR) is 82.4 cm³/mol. The summed E-state index contributed by atoms with van der Waals surface area (Å²) in [6.07, 6.45) is 7.10. The Hall–Kier alpha value is -1.14. The van der Waals surface area contributed by atoms with Gasteiger partial charge in [0.25, 0.3) is 0 Å². The monoisotopic (exact) mass is 340 g/mol. The second kappa shape index (κ2) is 7.59. The van der Waals surface area contributed by atoms with E-state index in [4.69, 9.17) is 0 Å². The Balaban J connectivity index is 1.78. The second-order valence-corrected chi connectivity index (χ2v) is 5.91. The van der Waals surface area contributed by atoms with Gasteiger partial charge in [0.1, 0.15) is 0 Å². The van der Waals surface area contributed by atoms with Gasteiger partial charge in [0.2, 0.25) is 5.91 Å². The van der Waals surface area contributed by atoms with Gasteiger partial charge in [-0.25, -0.2) is 0 Å². The van der Waals surface area contributed by atoms with Crippen LogP contribution in [0.1, 0.15) is 12.8 Å². The van der Waals surface area contributed by atoms with Crippen LogP contribution >= 0.6 is 15.9 Å². The van der Waals surface area contributed by atoms with E-state index in [1.54, 1.807) is 10.9 Å². The van der Waals surface area contributed by atoms with Gasteiger partial charge in [-0.2, -0.15) is 5.10 Å². The number of halogens is 1. The summed E-state index contributed by atoms with van der Waals surface area (Å²) in [6, 6.07) is 0. The summed E-state index contributed by atoms with van der Waals surface area (Å²) < 4.78 is 2.74. The Morgan fingerprint density at radius 2 is 2.25 bits per heavy atom. The van der Waals surface area contributed by atoms with E-state index in [0.29, 0.717) is 13.0 Å². The van der Waals surface area contributed by atoms with Crippen LogP contribution in [0, 0.1) is 0 Å². The molecule has 0 spiro atoms. The molecule has 0 aliphatic carbocycles. The van der Waals surface area contributed by atoms with Gasteiger partial charge in [-0.1, -0.05) is 6.08 Å². The molecule has 110 valence electrons. The van der Waals surface area contributed by atoms with Crippen LogP contribution in [-0.2, 0) is 11.3 Å². The number of nitrogens with zero attached hydrogens (tertiary/aromatic N) is 4. The number of carbonyl (C=O) groups excluding carboxylic acids is 1. The average Bonchev–Trinajstić information content (AvgIpc) is 2.71. The quantitative estimate of drug-likeness (QED) is 0.767. The van der Waals surface area contributed by atoms with Crippen molar-refractivity contribution in [2.24, 2.45) is 0 Å². The van der Waals surface area contributed by atoms with Crippen molar-refractivity contribution in [3.63, 3.8) is 0 Å². The summed E-state index contributed by atoms with van der Waals surface area (Å²) in [6.45, 7) is 8.96. The van der Waals surface area contributed by atoms with Crippen LogP contribution in [0.15, 0.2) is 29.5 Å². The smallest absolute Gasteiger partial charge is 0.224 e. The van der Waals surface area contributed by atoms with Crippen molar-refractivity contribution in [1.82, 2.24) is 19.6 Å².